The van der Waals surface area contributed by atoms with Gasteiger partial charge in [-0.05, 0) is 37.8 Å². The highest BCUT2D eigenvalue weighted by atomic mass is 35.5. The Hall–Kier alpha value is -3.95. The highest BCUT2D eigenvalue weighted by molar-refractivity contribution is 6.34. The van der Waals surface area contributed by atoms with E-state index in [4.69, 9.17) is 21.1 Å². The summed E-state index contributed by atoms with van der Waals surface area (Å²) < 4.78 is 13.0. The lowest BCUT2D eigenvalue weighted by Gasteiger charge is -2.35. The van der Waals surface area contributed by atoms with Crippen LogP contribution in [0.2, 0.25) is 5.02 Å². The zero-order valence-corrected chi connectivity index (χ0v) is 22.1. The van der Waals surface area contributed by atoms with Crippen LogP contribution in [0.15, 0.2) is 71.5 Å². The minimum atomic E-state index is -0.342. The minimum absolute atomic E-state index is 0.00417. The number of benzene rings is 2. The highest BCUT2D eigenvalue weighted by Crippen LogP contribution is 2.48. The van der Waals surface area contributed by atoms with Crippen molar-refractivity contribution < 1.29 is 14.3 Å². The molecule has 2 aliphatic rings. The molecule has 200 valence electrons. The number of ether oxygens (including phenoxy) is 2. The first-order valence-corrected chi connectivity index (χ1v) is 13.3. The number of aromatic nitrogens is 4. The van der Waals surface area contributed by atoms with Crippen molar-refractivity contribution in [3.8, 4) is 17.1 Å². The van der Waals surface area contributed by atoms with E-state index in [9.17, 15) is 9.59 Å². The number of carbonyl (C=O) groups excluding carboxylic acids is 1. The Morgan fingerprint density at radius 1 is 1.15 bits per heavy atom. The predicted molar refractivity (Wildman–Crippen MR) is 147 cm³/mol. The van der Waals surface area contributed by atoms with Crippen molar-refractivity contribution in [2.75, 3.05) is 7.11 Å². The Morgan fingerprint density at radius 3 is 2.72 bits per heavy atom. The van der Waals surface area contributed by atoms with Crippen molar-refractivity contribution in [3.05, 3.63) is 93.4 Å². The van der Waals surface area contributed by atoms with Crippen LogP contribution < -0.4 is 15.6 Å². The molecule has 0 bridgehead atoms. The van der Waals surface area contributed by atoms with Gasteiger partial charge < -0.3 is 19.8 Å². The average Bonchev–Trinajstić information content (AvgIpc) is 3.59. The second-order valence-electron chi connectivity index (χ2n) is 10.0. The van der Waals surface area contributed by atoms with Crippen molar-refractivity contribution in [2.45, 2.75) is 43.9 Å². The molecule has 1 amide bonds. The molecule has 0 radical (unpaired) electrons. The summed E-state index contributed by atoms with van der Waals surface area (Å²) in [5, 5.41) is 7.86. The third-order valence-electron chi connectivity index (χ3n) is 7.54. The van der Waals surface area contributed by atoms with Crippen LogP contribution in [-0.4, -0.2) is 44.2 Å². The van der Waals surface area contributed by atoms with E-state index in [1.807, 2.05) is 30.3 Å². The van der Waals surface area contributed by atoms with E-state index in [0.29, 0.717) is 28.1 Å². The third-order valence-corrected chi connectivity index (χ3v) is 7.86. The highest BCUT2D eigenvalue weighted by Gasteiger charge is 2.53. The number of rotatable bonds is 8. The Morgan fingerprint density at radius 2 is 1.95 bits per heavy atom. The first kappa shape index (κ1) is 25.3. The summed E-state index contributed by atoms with van der Waals surface area (Å²) in [6.45, 7) is 0.00417. The van der Waals surface area contributed by atoms with Gasteiger partial charge >= 0.3 is 0 Å². The summed E-state index contributed by atoms with van der Waals surface area (Å²) in [6.07, 6.45) is 7.82. The molecule has 6 rings (SSSR count). The molecule has 2 N–H and O–H groups in total. The quantitative estimate of drug-likeness (QED) is 0.314. The summed E-state index contributed by atoms with van der Waals surface area (Å²) in [5.41, 5.74) is 0.894. The van der Waals surface area contributed by atoms with Crippen LogP contribution in [0, 0.1) is 5.92 Å². The fourth-order valence-electron chi connectivity index (χ4n) is 5.37. The maximum absolute atomic E-state index is 13.5. The maximum atomic E-state index is 13.5. The number of hydrogen-bond donors (Lipinski definition) is 2. The molecule has 2 aliphatic carbocycles. The second-order valence-corrected chi connectivity index (χ2v) is 10.4. The van der Waals surface area contributed by atoms with Gasteiger partial charge in [0.2, 0.25) is 5.78 Å². The van der Waals surface area contributed by atoms with E-state index in [2.05, 4.69) is 32.5 Å². The van der Waals surface area contributed by atoms with Gasteiger partial charge in [0.15, 0.2) is 5.82 Å². The van der Waals surface area contributed by atoms with Crippen molar-refractivity contribution in [3.63, 3.8) is 0 Å². The predicted octanol–water partition coefficient (Wildman–Crippen LogP) is 4.56. The molecule has 2 aromatic heterocycles. The monoisotopic (exact) mass is 545 g/mol. The molecule has 0 aliphatic heterocycles. The van der Waals surface area contributed by atoms with Gasteiger partial charge in [-0.2, -0.15) is 9.50 Å². The number of fused-ring (bicyclic) bond motifs is 1. The molecule has 39 heavy (non-hydrogen) atoms. The average molecular weight is 546 g/mol. The topological polar surface area (TPSA) is 111 Å². The van der Waals surface area contributed by atoms with Crippen molar-refractivity contribution in [1.29, 1.82) is 0 Å². The standard InChI is InChI=1S/C29H28ClN5O4/c1-38-22-12-6-5-10-20(22)29(14-15-29)33-27(37)25-21(30)11-7-13-23(25)39-17-19-16-24(36)35-28(31-19)32-26(34-35)18-8-3-2-4-9-18/h2-9,11,13,16,20,22H,10,12,14-15,17H2,1H3,(H,33,37)(H,31,32,34). The van der Waals surface area contributed by atoms with E-state index < -0.39 is 0 Å². The third kappa shape index (κ3) is 4.95. The molecule has 0 saturated heterocycles. The van der Waals surface area contributed by atoms with Gasteiger partial charge in [-0.3, -0.25) is 9.59 Å². The van der Waals surface area contributed by atoms with Crippen LogP contribution in [0.4, 0.5) is 0 Å². The Labute approximate surface area is 229 Å². The van der Waals surface area contributed by atoms with Crippen molar-refractivity contribution >= 4 is 23.3 Å². The van der Waals surface area contributed by atoms with E-state index >= 15 is 0 Å². The molecule has 2 unspecified atom stereocenters. The summed E-state index contributed by atoms with van der Waals surface area (Å²) in [4.78, 5) is 33.8. The van der Waals surface area contributed by atoms with Crippen molar-refractivity contribution in [2.24, 2.45) is 5.92 Å². The zero-order valence-electron chi connectivity index (χ0n) is 21.4. The molecule has 4 aromatic rings. The van der Waals surface area contributed by atoms with Crippen LogP contribution in [0.3, 0.4) is 0 Å². The molecular formula is C29H28ClN5O4. The number of nitrogens with one attached hydrogen (secondary N) is 2. The summed E-state index contributed by atoms with van der Waals surface area (Å²) in [5.74, 6) is 0.980. The number of amides is 1. The number of nitrogens with zero attached hydrogens (tertiary/aromatic N) is 3. The number of halogens is 1. The molecule has 0 spiro atoms. The largest absolute Gasteiger partial charge is 0.486 e. The number of methoxy groups -OCH3 is 1. The number of allylic oxidation sites excluding steroid dienone is 1. The van der Waals surface area contributed by atoms with Crippen LogP contribution in [-0.2, 0) is 11.3 Å². The lowest BCUT2D eigenvalue weighted by atomic mass is 9.83. The van der Waals surface area contributed by atoms with Crippen LogP contribution >= 0.6 is 11.6 Å². The van der Waals surface area contributed by atoms with E-state index in [-0.39, 0.29) is 41.2 Å². The molecule has 2 aromatic carbocycles. The number of H-pyrrole nitrogens is 1. The van der Waals surface area contributed by atoms with Gasteiger partial charge in [-0.1, -0.05) is 60.2 Å². The molecular weight excluding hydrogens is 518 g/mol. The van der Waals surface area contributed by atoms with Gasteiger partial charge in [0.05, 0.1) is 22.4 Å². The SMILES string of the molecule is COC1CC=CCC1C1(NC(=O)c2c(Cl)cccc2OCc2cc(=O)n3nc(-c4ccccc4)nc3[nH]2)CC1. The first-order valence-electron chi connectivity index (χ1n) is 12.9. The van der Waals surface area contributed by atoms with Crippen LogP contribution in [0.1, 0.15) is 41.7 Å². The zero-order chi connectivity index (χ0) is 27.0. The lowest BCUT2D eigenvalue weighted by Crippen LogP contribution is -2.48. The van der Waals surface area contributed by atoms with E-state index in [1.54, 1.807) is 25.3 Å². The summed E-state index contributed by atoms with van der Waals surface area (Å²) in [7, 11) is 1.72. The second kappa shape index (κ2) is 10.3. The normalized spacial score (nSPS) is 19.6. The molecule has 1 fully saturated rings. The molecule has 2 heterocycles. The van der Waals surface area contributed by atoms with Crippen molar-refractivity contribution in [1.82, 2.24) is 24.9 Å². The molecule has 1 saturated carbocycles. The smallest absolute Gasteiger partial charge is 0.276 e. The van der Waals surface area contributed by atoms with Gasteiger partial charge in [-0.25, -0.2) is 0 Å². The lowest BCUT2D eigenvalue weighted by molar-refractivity contribution is 0.0288. The van der Waals surface area contributed by atoms with E-state index in [1.165, 1.54) is 10.6 Å². The molecule has 10 heteroatoms. The van der Waals surface area contributed by atoms with E-state index in [0.717, 1.165) is 31.2 Å². The fraction of sp³-hybridized carbons (Fsp3) is 0.310. The Balaban J connectivity index is 1.22. The fourth-order valence-corrected chi connectivity index (χ4v) is 5.62. The molecule has 9 nitrogen and oxygen atoms in total. The molecule has 2 atom stereocenters. The summed E-state index contributed by atoms with van der Waals surface area (Å²) in [6, 6.07) is 15.9. The van der Waals surface area contributed by atoms with Crippen LogP contribution in [0.5, 0.6) is 5.75 Å². The number of carbonyl (C=O) groups is 1. The number of aromatic amines is 1. The number of hydrogen-bond acceptors (Lipinski definition) is 6. The Bertz CT molecular complexity index is 1610. The Kier molecular flexibility index (Phi) is 6.70. The van der Waals surface area contributed by atoms with Gasteiger partial charge in [-0.15, -0.1) is 5.10 Å². The minimum Gasteiger partial charge on any atom is -0.486 e. The summed E-state index contributed by atoms with van der Waals surface area (Å²) >= 11 is 6.51. The van der Waals surface area contributed by atoms with Crippen LogP contribution in [0.25, 0.3) is 17.2 Å². The van der Waals surface area contributed by atoms with Gasteiger partial charge in [0.25, 0.3) is 11.5 Å². The maximum Gasteiger partial charge on any atom is 0.276 e. The van der Waals surface area contributed by atoms with Gasteiger partial charge in [0, 0.05) is 30.2 Å². The first-order chi connectivity index (χ1) is 19.0. The van der Waals surface area contributed by atoms with Gasteiger partial charge in [0.1, 0.15) is 12.4 Å².